The molecule has 3 nitrogen and oxygen atoms in total. The van der Waals surface area contributed by atoms with Crippen LogP contribution in [0.4, 0.5) is 4.39 Å². The molecule has 1 aliphatic heterocycles. The molecule has 0 spiro atoms. The van der Waals surface area contributed by atoms with Crippen LogP contribution in [0.25, 0.3) is 11.0 Å². The molecule has 0 aliphatic carbocycles. The van der Waals surface area contributed by atoms with Crippen molar-refractivity contribution < 1.29 is 4.39 Å². The van der Waals surface area contributed by atoms with Crippen molar-refractivity contribution in [3.8, 4) is 0 Å². The van der Waals surface area contributed by atoms with E-state index in [2.05, 4.69) is 30.7 Å². The van der Waals surface area contributed by atoms with Gasteiger partial charge in [0.1, 0.15) is 11.6 Å². The molecule has 1 aliphatic rings. The number of fused-ring (bicyclic) bond motifs is 1. The SMILES string of the molecule is CC(c1nc2cc(F)ccc2n1C(C)C)C1CNC1. The Morgan fingerprint density at radius 1 is 1.32 bits per heavy atom. The number of nitrogens with one attached hydrogen (secondary N) is 1. The molecule has 0 bridgehead atoms. The summed E-state index contributed by atoms with van der Waals surface area (Å²) in [6, 6.07) is 5.22. The number of aromatic nitrogens is 2. The normalized spacial score (nSPS) is 17.9. The number of imidazole rings is 1. The Morgan fingerprint density at radius 2 is 2.05 bits per heavy atom. The van der Waals surface area contributed by atoms with Gasteiger partial charge in [0.25, 0.3) is 0 Å². The molecular formula is C15H20FN3. The summed E-state index contributed by atoms with van der Waals surface area (Å²) in [6.07, 6.45) is 0. The molecule has 2 heterocycles. The van der Waals surface area contributed by atoms with Crippen LogP contribution in [0.3, 0.4) is 0 Å². The highest BCUT2D eigenvalue weighted by Gasteiger charge is 2.29. The number of benzene rings is 1. The van der Waals surface area contributed by atoms with Gasteiger partial charge in [-0.2, -0.15) is 0 Å². The molecule has 1 aromatic heterocycles. The fraction of sp³-hybridized carbons (Fsp3) is 0.533. The second-order valence-electron chi connectivity index (χ2n) is 5.77. The molecule has 0 saturated carbocycles. The lowest BCUT2D eigenvalue weighted by Gasteiger charge is -2.33. The Hall–Kier alpha value is -1.42. The van der Waals surface area contributed by atoms with Crippen molar-refractivity contribution in [1.29, 1.82) is 0 Å². The average Bonchev–Trinajstić information content (AvgIpc) is 2.64. The van der Waals surface area contributed by atoms with E-state index < -0.39 is 0 Å². The first-order valence-electron chi connectivity index (χ1n) is 6.96. The van der Waals surface area contributed by atoms with Crippen LogP contribution in [0.2, 0.25) is 0 Å². The predicted molar refractivity (Wildman–Crippen MR) is 74.9 cm³/mol. The molecule has 102 valence electrons. The molecule has 1 unspecified atom stereocenters. The summed E-state index contributed by atoms with van der Waals surface area (Å²) < 4.78 is 15.6. The zero-order valence-electron chi connectivity index (χ0n) is 11.7. The molecule has 0 radical (unpaired) electrons. The monoisotopic (exact) mass is 261 g/mol. The van der Waals surface area contributed by atoms with Crippen LogP contribution in [0.15, 0.2) is 18.2 Å². The topological polar surface area (TPSA) is 29.9 Å². The van der Waals surface area contributed by atoms with Crippen molar-refractivity contribution >= 4 is 11.0 Å². The van der Waals surface area contributed by atoms with Gasteiger partial charge in [0, 0.05) is 18.0 Å². The Morgan fingerprint density at radius 3 is 2.63 bits per heavy atom. The molecule has 1 atom stereocenters. The van der Waals surface area contributed by atoms with Gasteiger partial charge < -0.3 is 9.88 Å². The standard InChI is InChI=1S/C15H20FN3/c1-9(2)19-14-5-4-12(16)6-13(14)18-15(19)10(3)11-7-17-8-11/h4-6,9-11,17H,7-8H2,1-3H3. The maximum Gasteiger partial charge on any atom is 0.125 e. The van der Waals surface area contributed by atoms with Crippen LogP contribution < -0.4 is 5.32 Å². The number of nitrogens with zero attached hydrogens (tertiary/aromatic N) is 2. The first-order valence-corrected chi connectivity index (χ1v) is 6.96. The molecule has 1 aromatic carbocycles. The summed E-state index contributed by atoms with van der Waals surface area (Å²) in [5.41, 5.74) is 1.80. The Balaban J connectivity index is 2.13. The largest absolute Gasteiger partial charge is 0.325 e. The van der Waals surface area contributed by atoms with Crippen molar-refractivity contribution in [3.63, 3.8) is 0 Å². The van der Waals surface area contributed by atoms with E-state index in [1.165, 1.54) is 12.1 Å². The van der Waals surface area contributed by atoms with Gasteiger partial charge in [-0.15, -0.1) is 0 Å². The first-order chi connectivity index (χ1) is 9.08. The van der Waals surface area contributed by atoms with E-state index in [-0.39, 0.29) is 5.82 Å². The second kappa shape index (κ2) is 4.60. The fourth-order valence-corrected chi connectivity index (χ4v) is 2.83. The Bertz CT molecular complexity index is 599. The molecule has 19 heavy (non-hydrogen) atoms. The zero-order valence-corrected chi connectivity index (χ0v) is 11.7. The third kappa shape index (κ3) is 2.04. The third-order valence-electron chi connectivity index (χ3n) is 4.12. The lowest BCUT2D eigenvalue weighted by Crippen LogP contribution is -2.45. The van der Waals surface area contributed by atoms with Crippen molar-refractivity contribution in [3.05, 3.63) is 29.8 Å². The van der Waals surface area contributed by atoms with Gasteiger partial charge in [-0.3, -0.25) is 0 Å². The Kier molecular flexibility index (Phi) is 3.05. The van der Waals surface area contributed by atoms with E-state index in [1.54, 1.807) is 0 Å². The zero-order chi connectivity index (χ0) is 13.6. The van der Waals surface area contributed by atoms with Crippen molar-refractivity contribution in [2.75, 3.05) is 13.1 Å². The number of hydrogen-bond acceptors (Lipinski definition) is 2. The minimum Gasteiger partial charge on any atom is -0.325 e. The van der Waals surface area contributed by atoms with E-state index in [9.17, 15) is 4.39 Å². The van der Waals surface area contributed by atoms with E-state index >= 15 is 0 Å². The maximum absolute atomic E-state index is 13.4. The second-order valence-corrected chi connectivity index (χ2v) is 5.77. The number of hydrogen-bond donors (Lipinski definition) is 1. The highest BCUT2D eigenvalue weighted by molar-refractivity contribution is 5.76. The lowest BCUT2D eigenvalue weighted by molar-refractivity contribution is 0.289. The highest BCUT2D eigenvalue weighted by atomic mass is 19.1. The first kappa shape index (κ1) is 12.6. The summed E-state index contributed by atoms with van der Waals surface area (Å²) in [6.45, 7) is 8.63. The summed E-state index contributed by atoms with van der Waals surface area (Å²) >= 11 is 0. The van der Waals surface area contributed by atoms with E-state index in [0.717, 1.165) is 29.9 Å². The summed E-state index contributed by atoms with van der Waals surface area (Å²) in [5, 5.41) is 3.31. The summed E-state index contributed by atoms with van der Waals surface area (Å²) in [7, 11) is 0. The van der Waals surface area contributed by atoms with Crippen LogP contribution in [-0.2, 0) is 0 Å². The quantitative estimate of drug-likeness (QED) is 0.920. The molecule has 1 N–H and O–H groups in total. The van der Waals surface area contributed by atoms with Crippen molar-refractivity contribution in [2.45, 2.75) is 32.7 Å². The van der Waals surface area contributed by atoms with E-state index in [0.29, 0.717) is 17.9 Å². The van der Waals surface area contributed by atoms with Gasteiger partial charge in [0.2, 0.25) is 0 Å². The molecule has 1 fully saturated rings. The molecule has 4 heteroatoms. The predicted octanol–water partition coefficient (Wildman–Crippen LogP) is 3.08. The maximum atomic E-state index is 13.4. The molecule has 0 amide bonds. The fourth-order valence-electron chi connectivity index (χ4n) is 2.83. The van der Waals surface area contributed by atoms with Crippen LogP contribution in [-0.4, -0.2) is 22.6 Å². The number of rotatable bonds is 3. The molecule has 1 saturated heterocycles. The minimum absolute atomic E-state index is 0.217. The van der Waals surface area contributed by atoms with Gasteiger partial charge in [-0.1, -0.05) is 6.92 Å². The smallest absolute Gasteiger partial charge is 0.125 e. The van der Waals surface area contributed by atoms with Gasteiger partial charge >= 0.3 is 0 Å². The van der Waals surface area contributed by atoms with Gasteiger partial charge in [0.15, 0.2) is 0 Å². The van der Waals surface area contributed by atoms with Gasteiger partial charge in [0.05, 0.1) is 11.0 Å². The third-order valence-corrected chi connectivity index (χ3v) is 4.12. The van der Waals surface area contributed by atoms with Crippen LogP contribution >= 0.6 is 0 Å². The van der Waals surface area contributed by atoms with Gasteiger partial charge in [-0.05, 0) is 45.0 Å². The van der Waals surface area contributed by atoms with Crippen LogP contribution in [0.1, 0.15) is 38.6 Å². The average molecular weight is 261 g/mol. The van der Waals surface area contributed by atoms with E-state index in [4.69, 9.17) is 4.98 Å². The number of halogens is 1. The van der Waals surface area contributed by atoms with Crippen molar-refractivity contribution in [1.82, 2.24) is 14.9 Å². The van der Waals surface area contributed by atoms with Crippen LogP contribution in [0.5, 0.6) is 0 Å². The van der Waals surface area contributed by atoms with E-state index in [1.807, 2.05) is 6.07 Å². The Labute approximate surface area is 112 Å². The molecule has 2 aromatic rings. The minimum atomic E-state index is -0.217. The van der Waals surface area contributed by atoms with Gasteiger partial charge in [-0.25, -0.2) is 9.37 Å². The molecule has 3 rings (SSSR count). The summed E-state index contributed by atoms with van der Waals surface area (Å²) in [4.78, 5) is 4.69. The molecular weight excluding hydrogens is 241 g/mol. The van der Waals surface area contributed by atoms with Crippen molar-refractivity contribution in [2.24, 2.45) is 5.92 Å². The highest BCUT2D eigenvalue weighted by Crippen LogP contribution is 2.31. The van der Waals surface area contributed by atoms with Crippen LogP contribution in [0, 0.1) is 11.7 Å². The lowest BCUT2D eigenvalue weighted by atomic mass is 9.88. The summed E-state index contributed by atoms with van der Waals surface area (Å²) in [5.74, 6) is 1.91.